The average molecular weight is 370 g/mol. The Labute approximate surface area is 136 Å². The van der Waals surface area contributed by atoms with Crippen LogP contribution in [0.15, 0.2) is 40.9 Å². The Morgan fingerprint density at radius 3 is 2.81 bits per heavy atom. The van der Waals surface area contributed by atoms with Gasteiger partial charge in [-0.3, -0.25) is 4.79 Å². The van der Waals surface area contributed by atoms with E-state index >= 15 is 0 Å². The number of ether oxygens (including phenoxy) is 1. The largest absolute Gasteiger partial charge is 0.398 e. The molecule has 2 rings (SSSR count). The van der Waals surface area contributed by atoms with Gasteiger partial charge in [0.2, 0.25) is 0 Å². The van der Waals surface area contributed by atoms with Gasteiger partial charge in [-0.25, -0.2) is 0 Å². The first kappa shape index (κ1) is 15.8. The van der Waals surface area contributed by atoms with Crippen molar-refractivity contribution in [3.8, 4) is 0 Å². The lowest BCUT2D eigenvalue weighted by molar-refractivity contribution is 0.102. The number of hydrogen-bond donors (Lipinski definition) is 2. The summed E-state index contributed by atoms with van der Waals surface area (Å²) in [4.78, 5) is 12.3. The molecule has 2 aromatic carbocycles. The molecule has 6 heteroatoms. The zero-order valence-electron chi connectivity index (χ0n) is 11.3. The van der Waals surface area contributed by atoms with Crippen molar-refractivity contribution in [1.29, 1.82) is 0 Å². The lowest BCUT2D eigenvalue weighted by Gasteiger charge is -2.13. The Balaban J connectivity index is 2.29. The van der Waals surface area contributed by atoms with Crippen LogP contribution >= 0.6 is 27.5 Å². The number of nitrogen functional groups attached to an aromatic ring is 1. The van der Waals surface area contributed by atoms with Crippen LogP contribution in [0, 0.1) is 0 Å². The number of anilines is 2. The minimum atomic E-state index is -0.292. The first-order chi connectivity index (χ1) is 10.0. The van der Waals surface area contributed by atoms with Crippen molar-refractivity contribution in [2.75, 3.05) is 18.2 Å². The highest BCUT2D eigenvalue weighted by atomic mass is 79.9. The SMILES string of the molecule is COCc1c(Br)cccc1NC(=O)c1ccc(Cl)cc1N. The number of amides is 1. The first-order valence-electron chi connectivity index (χ1n) is 6.15. The Hall–Kier alpha value is -1.56. The van der Waals surface area contributed by atoms with E-state index in [1.807, 2.05) is 18.2 Å². The predicted octanol–water partition coefficient (Wildman–Crippen LogP) is 4.08. The second kappa shape index (κ2) is 6.93. The summed E-state index contributed by atoms with van der Waals surface area (Å²) in [5.74, 6) is -0.292. The molecule has 0 aliphatic carbocycles. The van der Waals surface area contributed by atoms with E-state index < -0.39 is 0 Å². The van der Waals surface area contributed by atoms with Crippen LogP contribution < -0.4 is 11.1 Å². The van der Waals surface area contributed by atoms with E-state index in [9.17, 15) is 4.79 Å². The maximum Gasteiger partial charge on any atom is 0.257 e. The zero-order chi connectivity index (χ0) is 15.4. The number of carbonyl (C=O) groups excluding carboxylic acids is 1. The molecule has 0 saturated carbocycles. The molecule has 0 spiro atoms. The van der Waals surface area contributed by atoms with E-state index in [0.717, 1.165) is 10.0 Å². The molecule has 4 nitrogen and oxygen atoms in total. The Morgan fingerprint density at radius 1 is 1.38 bits per heavy atom. The molecule has 1 amide bonds. The third-order valence-electron chi connectivity index (χ3n) is 2.91. The summed E-state index contributed by atoms with van der Waals surface area (Å²) >= 11 is 9.28. The number of methoxy groups -OCH3 is 1. The van der Waals surface area contributed by atoms with Gasteiger partial charge in [-0.2, -0.15) is 0 Å². The predicted molar refractivity (Wildman–Crippen MR) is 88.7 cm³/mol. The van der Waals surface area contributed by atoms with E-state index in [1.54, 1.807) is 25.3 Å². The lowest BCUT2D eigenvalue weighted by atomic mass is 10.1. The minimum absolute atomic E-state index is 0.292. The van der Waals surface area contributed by atoms with Gasteiger partial charge in [0.15, 0.2) is 0 Å². The monoisotopic (exact) mass is 368 g/mol. The number of hydrogen-bond acceptors (Lipinski definition) is 3. The molecule has 0 aromatic heterocycles. The summed E-state index contributed by atoms with van der Waals surface area (Å²) in [5, 5.41) is 3.33. The van der Waals surface area contributed by atoms with Crippen LogP contribution in [-0.2, 0) is 11.3 Å². The molecule has 21 heavy (non-hydrogen) atoms. The van der Waals surface area contributed by atoms with Gasteiger partial charge in [-0.05, 0) is 30.3 Å². The quantitative estimate of drug-likeness (QED) is 0.798. The zero-order valence-corrected chi connectivity index (χ0v) is 13.7. The Morgan fingerprint density at radius 2 is 2.14 bits per heavy atom. The third kappa shape index (κ3) is 3.75. The van der Waals surface area contributed by atoms with Gasteiger partial charge >= 0.3 is 0 Å². The molecule has 0 aliphatic heterocycles. The molecule has 0 saturated heterocycles. The van der Waals surface area contributed by atoms with E-state index in [0.29, 0.717) is 28.6 Å². The number of carbonyl (C=O) groups is 1. The summed E-state index contributed by atoms with van der Waals surface area (Å²) < 4.78 is 6.02. The highest BCUT2D eigenvalue weighted by molar-refractivity contribution is 9.10. The van der Waals surface area contributed by atoms with Gasteiger partial charge in [0.25, 0.3) is 5.91 Å². The van der Waals surface area contributed by atoms with Crippen molar-refractivity contribution in [2.24, 2.45) is 0 Å². The molecule has 0 unspecified atom stereocenters. The number of benzene rings is 2. The average Bonchev–Trinajstić information content (AvgIpc) is 2.42. The molecular formula is C15H14BrClN2O2. The fourth-order valence-electron chi connectivity index (χ4n) is 1.90. The molecule has 0 atom stereocenters. The number of halogens is 2. The van der Waals surface area contributed by atoms with Crippen LogP contribution in [0.25, 0.3) is 0 Å². The Bertz CT molecular complexity index is 677. The summed E-state index contributed by atoms with van der Waals surface area (Å²) in [6.45, 7) is 0.382. The molecule has 0 radical (unpaired) electrons. The normalized spacial score (nSPS) is 10.4. The smallest absolute Gasteiger partial charge is 0.257 e. The van der Waals surface area contributed by atoms with E-state index in [-0.39, 0.29) is 5.91 Å². The molecule has 110 valence electrons. The number of nitrogens with two attached hydrogens (primary N) is 1. The third-order valence-corrected chi connectivity index (χ3v) is 3.89. The molecule has 0 fully saturated rings. The molecule has 3 N–H and O–H groups in total. The van der Waals surface area contributed by atoms with Crippen LogP contribution in [0.5, 0.6) is 0 Å². The van der Waals surface area contributed by atoms with Crippen LogP contribution in [0.3, 0.4) is 0 Å². The van der Waals surface area contributed by atoms with E-state index in [2.05, 4.69) is 21.2 Å². The molecule has 0 bridgehead atoms. The maximum atomic E-state index is 12.3. The van der Waals surface area contributed by atoms with Crippen molar-refractivity contribution < 1.29 is 9.53 Å². The van der Waals surface area contributed by atoms with Gasteiger partial charge in [0.05, 0.1) is 12.2 Å². The highest BCUT2D eigenvalue weighted by Gasteiger charge is 2.13. The van der Waals surface area contributed by atoms with Crippen LogP contribution in [0.1, 0.15) is 15.9 Å². The second-order valence-corrected chi connectivity index (χ2v) is 5.68. The van der Waals surface area contributed by atoms with Crippen molar-refractivity contribution in [3.63, 3.8) is 0 Å². The van der Waals surface area contributed by atoms with Gasteiger partial charge in [-0.1, -0.05) is 33.6 Å². The number of nitrogens with one attached hydrogen (secondary N) is 1. The maximum absolute atomic E-state index is 12.3. The first-order valence-corrected chi connectivity index (χ1v) is 7.32. The van der Waals surface area contributed by atoms with Crippen LogP contribution in [0.2, 0.25) is 5.02 Å². The highest BCUT2D eigenvalue weighted by Crippen LogP contribution is 2.27. The van der Waals surface area contributed by atoms with Crippen molar-refractivity contribution >= 4 is 44.8 Å². The van der Waals surface area contributed by atoms with Gasteiger partial charge < -0.3 is 15.8 Å². The summed E-state index contributed by atoms with van der Waals surface area (Å²) in [5.41, 5.74) is 8.07. The van der Waals surface area contributed by atoms with Crippen molar-refractivity contribution in [3.05, 3.63) is 57.0 Å². The van der Waals surface area contributed by atoms with Crippen molar-refractivity contribution in [2.45, 2.75) is 6.61 Å². The second-order valence-electron chi connectivity index (χ2n) is 4.38. The summed E-state index contributed by atoms with van der Waals surface area (Å²) in [6, 6.07) is 10.3. The summed E-state index contributed by atoms with van der Waals surface area (Å²) in [6.07, 6.45) is 0. The lowest BCUT2D eigenvalue weighted by Crippen LogP contribution is -2.15. The van der Waals surface area contributed by atoms with E-state index in [1.165, 1.54) is 0 Å². The van der Waals surface area contributed by atoms with E-state index in [4.69, 9.17) is 22.1 Å². The fraction of sp³-hybridized carbons (Fsp3) is 0.133. The number of rotatable bonds is 4. The molecule has 0 heterocycles. The van der Waals surface area contributed by atoms with Crippen molar-refractivity contribution in [1.82, 2.24) is 0 Å². The minimum Gasteiger partial charge on any atom is -0.398 e. The van der Waals surface area contributed by atoms with Crippen LogP contribution in [0.4, 0.5) is 11.4 Å². The van der Waals surface area contributed by atoms with Gasteiger partial charge in [0.1, 0.15) is 0 Å². The molecular weight excluding hydrogens is 356 g/mol. The molecule has 0 aliphatic rings. The van der Waals surface area contributed by atoms with Crippen LogP contribution in [-0.4, -0.2) is 13.0 Å². The topological polar surface area (TPSA) is 64.3 Å². The van der Waals surface area contributed by atoms with Gasteiger partial charge in [-0.15, -0.1) is 0 Å². The standard InChI is InChI=1S/C15H14BrClN2O2/c1-21-8-11-12(16)3-2-4-14(11)19-15(20)10-6-5-9(17)7-13(10)18/h2-7H,8,18H2,1H3,(H,19,20). The fourth-order valence-corrected chi connectivity index (χ4v) is 2.56. The molecule has 2 aromatic rings. The summed E-state index contributed by atoms with van der Waals surface area (Å²) in [7, 11) is 1.60. The van der Waals surface area contributed by atoms with Gasteiger partial charge in [0, 0.05) is 33.5 Å². The Kier molecular flexibility index (Phi) is 5.22.